The fraction of sp³-hybridized carbons (Fsp3) is 0.462. The Bertz CT molecular complexity index is 453. The highest BCUT2D eigenvalue weighted by atomic mass is 79.9. The van der Waals surface area contributed by atoms with Crippen molar-refractivity contribution in [2.75, 3.05) is 13.6 Å². The molecule has 5 heteroatoms. The maximum absolute atomic E-state index is 12.9. The van der Waals surface area contributed by atoms with Crippen LogP contribution < -0.4 is 5.32 Å². The Hall–Kier alpha value is -0.940. The zero-order chi connectivity index (χ0) is 13.1. The Labute approximate surface area is 114 Å². The number of amides is 1. The number of rotatable bonds is 3. The van der Waals surface area contributed by atoms with E-state index in [2.05, 4.69) is 21.2 Å². The van der Waals surface area contributed by atoms with Crippen LogP contribution in [0.3, 0.4) is 0 Å². The van der Waals surface area contributed by atoms with Gasteiger partial charge in [-0.2, -0.15) is 0 Å². The number of hydrogen-bond donors (Lipinski definition) is 1. The van der Waals surface area contributed by atoms with Crippen LogP contribution in [0.2, 0.25) is 0 Å². The first-order valence-electron chi connectivity index (χ1n) is 5.97. The topological polar surface area (TPSA) is 32.3 Å². The largest absolute Gasteiger partial charge is 0.344 e. The summed E-state index contributed by atoms with van der Waals surface area (Å²) in [6.07, 6.45) is 1.46. The number of piperidine rings is 1. The van der Waals surface area contributed by atoms with Crippen molar-refractivity contribution in [3.8, 4) is 0 Å². The summed E-state index contributed by atoms with van der Waals surface area (Å²) < 4.78 is 13.7. The van der Waals surface area contributed by atoms with Crippen LogP contribution in [0.1, 0.15) is 18.4 Å². The van der Waals surface area contributed by atoms with Crippen molar-refractivity contribution < 1.29 is 9.18 Å². The van der Waals surface area contributed by atoms with Crippen LogP contribution >= 0.6 is 15.9 Å². The highest BCUT2D eigenvalue weighted by Gasteiger charge is 2.22. The smallest absolute Gasteiger partial charge is 0.222 e. The van der Waals surface area contributed by atoms with Gasteiger partial charge in [-0.05, 0) is 24.1 Å². The molecule has 0 radical (unpaired) electrons. The highest BCUT2D eigenvalue weighted by molar-refractivity contribution is 9.10. The first-order chi connectivity index (χ1) is 8.56. The summed E-state index contributed by atoms with van der Waals surface area (Å²) in [5, 5.41) is 3.40. The van der Waals surface area contributed by atoms with Gasteiger partial charge >= 0.3 is 0 Å². The lowest BCUT2D eigenvalue weighted by atomic mass is 10.1. The van der Waals surface area contributed by atoms with E-state index in [9.17, 15) is 9.18 Å². The lowest BCUT2D eigenvalue weighted by molar-refractivity contribution is -0.132. The molecule has 3 nitrogen and oxygen atoms in total. The molecule has 0 bridgehead atoms. The zero-order valence-electron chi connectivity index (χ0n) is 10.2. The molecule has 1 aliphatic rings. The minimum Gasteiger partial charge on any atom is -0.344 e. The van der Waals surface area contributed by atoms with Crippen molar-refractivity contribution in [2.24, 2.45) is 0 Å². The molecule has 1 fully saturated rings. The highest BCUT2D eigenvalue weighted by Crippen LogP contribution is 2.18. The second-order valence-electron chi connectivity index (χ2n) is 4.63. The van der Waals surface area contributed by atoms with Crippen LogP contribution in [-0.2, 0) is 11.3 Å². The third-order valence-corrected chi connectivity index (χ3v) is 3.96. The summed E-state index contributed by atoms with van der Waals surface area (Å²) in [5.41, 5.74) is 1.02. The van der Waals surface area contributed by atoms with Crippen molar-refractivity contribution in [1.29, 1.82) is 0 Å². The van der Waals surface area contributed by atoms with Crippen molar-refractivity contribution >= 4 is 21.8 Å². The Balaban J connectivity index is 1.90. The maximum Gasteiger partial charge on any atom is 0.222 e. The number of carbonyl (C=O) groups excluding carboxylic acids is 1. The van der Waals surface area contributed by atoms with Gasteiger partial charge in [0.25, 0.3) is 0 Å². The molecule has 1 amide bonds. The number of benzene rings is 1. The van der Waals surface area contributed by atoms with Crippen LogP contribution in [0.5, 0.6) is 0 Å². The normalized spacial score (nSPS) is 20.3. The molecule has 1 aromatic carbocycles. The third-order valence-electron chi connectivity index (χ3n) is 3.22. The standard InChI is InChI=1S/C13H16BrFN2O/c1-17-8-11(4-5-13(17)18)16-7-9-2-3-10(15)6-12(9)14/h2-3,6,11,16H,4-5,7-8H2,1H3. The maximum atomic E-state index is 12.9. The summed E-state index contributed by atoms with van der Waals surface area (Å²) in [4.78, 5) is 13.1. The summed E-state index contributed by atoms with van der Waals surface area (Å²) in [7, 11) is 1.82. The quantitative estimate of drug-likeness (QED) is 0.928. The number of halogens is 2. The summed E-state index contributed by atoms with van der Waals surface area (Å²) in [6.45, 7) is 1.41. The van der Waals surface area contributed by atoms with Gasteiger partial charge in [0.1, 0.15) is 5.82 Å². The van der Waals surface area contributed by atoms with Crippen molar-refractivity contribution in [1.82, 2.24) is 10.2 Å². The molecule has 1 heterocycles. The molecular formula is C13H16BrFN2O. The van der Waals surface area contributed by atoms with E-state index in [1.54, 1.807) is 11.0 Å². The van der Waals surface area contributed by atoms with Gasteiger partial charge < -0.3 is 10.2 Å². The molecule has 0 spiro atoms. The minimum atomic E-state index is -0.242. The average Bonchev–Trinajstić information content (AvgIpc) is 2.32. The van der Waals surface area contributed by atoms with Gasteiger partial charge in [0.15, 0.2) is 0 Å². The Kier molecular flexibility index (Phi) is 4.35. The van der Waals surface area contributed by atoms with E-state index < -0.39 is 0 Å². The second kappa shape index (κ2) is 5.80. The molecule has 1 aliphatic heterocycles. The third kappa shape index (κ3) is 3.29. The summed E-state index contributed by atoms with van der Waals surface area (Å²) in [6, 6.07) is 5.00. The van der Waals surface area contributed by atoms with Crippen LogP contribution in [0.4, 0.5) is 4.39 Å². The van der Waals surface area contributed by atoms with E-state index in [1.807, 2.05) is 7.05 Å². The molecule has 1 N–H and O–H groups in total. The fourth-order valence-electron chi connectivity index (χ4n) is 2.10. The number of carbonyl (C=O) groups is 1. The van der Waals surface area contributed by atoms with Gasteiger partial charge in [-0.25, -0.2) is 4.39 Å². The van der Waals surface area contributed by atoms with E-state index in [1.165, 1.54) is 12.1 Å². The van der Waals surface area contributed by atoms with Crippen LogP contribution in [0.15, 0.2) is 22.7 Å². The lowest BCUT2D eigenvalue weighted by Crippen LogP contribution is -2.46. The summed E-state index contributed by atoms with van der Waals surface area (Å²) in [5.74, 6) is -0.0374. The fourth-order valence-corrected chi connectivity index (χ4v) is 2.59. The minimum absolute atomic E-state index is 0.205. The number of hydrogen-bond acceptors (Lipinski definition) is 2. The molecule has 98 valence electrons. The summed E-state index contributed by atoms with van der Waals surface area (Å²) >= 11 is 3.35. The number of likely N-dealkylation sites (tertiary alicyclic amines) is 1. The van der Waals surface area contributed by atoms with Crippen molar-refractivity contribution in [3.05, 3.63) is 34.1 Å². The zero-order valence-corrected chi connectivity index (χ0v) is 11.8. The van der Waals surface area contributed by atoms with E-state index in [0.717, 1.165) is 23.0 Å². The van der Waals surface area contributed by atoms with Gasteiger partial charge in [-0.15, -0.1) is 0 Å². The van der Waals surface area contributed by atoms with E-state index in [4.69, 9.17) is 0 Å². The van der Waals surface area contributed by atoms with Crippen molar-refractivity contribution in [3.63, 3.8) is 0 Å². The molecular weight excluding hydrogens is 299 g/mol. The molecule has 1 unspecified atom stereocenters. The van der Waals surface area contributed by atoms with Crippen molar-refractivity contribution in [2.45, 2.75) is 25.4 Å². The SMILES string of the molecule is CN1CC(NCc2ccc(F)cc2Br)CCC1=O. The van der Waals surface area contributed by atoms with Gasteiger partial charge in [-0.3, -0.25) is 4.79 Å². The number of nitrogens with zero attached hydrogens (tertiary/aromatic N) is 1. The molecule has 0 saturated carbocycles. The number of likely N-dealkylation sites (N-methyl/N-ethyl adjacent to an activating group) is 1. The second-order valence-corrected chi connectivity index (χ2v) is 5.48. The molecule has 0 aromatic heterocycles. The first kappa shape index (κ1) is 13.5. The number of nitrogens with one attached hydrogen (secondary N) is 1. The Morgan fingerprint density at radius 1 is 1.56 bits per heavy atom. The molecule has 0 aliphatic carbocycles. The van der Waals surface area contributed by atoms with Gasteiger partial charge in [0, 0.05) is 37.1 Å². The predicted octanol–water partition coefficient (Wildman–Crippen LogP) is 2.30. The molecule has 2 rings (SSSR count). The van der Waals surface area contributed by atoms with Crippen LogP contribution in [0.25, 0.3) is 0 Å². The van der Waals surface area contributed by atoms with E-state index in [0.29, 0.717) is 19.0 Å². The van der Waals surface area contributed by atoms with E-state index in [-0.39, 0.29) is 11.7 Å². The molecule has 18 heavy (non-hydrogen) atoms. The first-order valence-corrected chi connectivity index (χ1v) is 6.77. The monoisotopic (exact) mass is 314 g/mol. The average molecular weight is 315 g/mol. The predicted molar refractivity (Wildman–Crippen MR) is 71.6 cm³/mol. The van der Waals surface area contributed by atoms with Gasteiger partial charge in [0.2, 0.25) is 5.91 Å². The molecule has 1 atom stereocenters. The lowest BCUT2D eigenvalue weighted by Gasteiger charge is -2.30. The van der Waals surface area contributed by atoms with Crippen LogP contribution in [0, 0.1) is 5.82 Å². The van der Waals surface area contributed by atoms with Crippen LogP contribution in [-0.4, -0.2) is 30.4 Å². The Morgan fingerprint density at radius 3 is 3.00 bits per heavy atom. The van der Waals surface area contributed by atoms with Gasteiger partial charge in [0.05, 0.1) is 0 Å². The van der Waals surface area contributed by atoms with E-state index >= 15 is 0 Å². The molecule has 1 aromatic rings. The Morgan fingerprint density at radius 2 is 2.33 bits per heavy atom. The van der Waals surface area contributed by atoms with Gasteiger partial charge in [-0.1, -0.05) is 22.0 Å². The molecule has 1 saturated heterocycles.